The van der Waals surface area contributed by atoms with E-state index in [4.69, 9.17) is 10.2 Å². The van der Waals surface area contributed by atoms with Gasteiger partial charge in [0.15, 0.2) is 5.76 Å². The Morgan fingerprint density at radius 2 is 1.60 bits per heavy atom. The van der Waals surface area contributed by atoms with Crippen LogP contribution in [0.15, 0.2) is 53.1 Å². The van der Waals surface area contributed by atoms with Crippen molar-refractivity contribution in [3.05, 3.63) is 59.8 Å². The lowest BCUT2D eigenvalue weighted by molar-refractivity contribution is 0.595. The Morgan fingerprint density at radius 1 is 0.900 bits per heavy atom. The molecule has 0 unspecified atom stereocenters. The number of nitrogens with zero attached hydrogens (tertiary/aromatic N) is 1. The molecule has 2 N–H and O–H groups in total. The number of aryl methyl sites for hydroxylation is 2. The molecule has 3 rings (SSSR count). The van der Waals surface area contributed by atoms with Crippen molar-refractivity contribution in [1.29, 1.82) is 0 Å². The summed E-state index contributed by atoms with van der Waals surface area (Å²) in [6.07, 6.45) is 1.65. The average molecular weight is 264 g/mol. The molecule has 3 heteroatoms. The number of hydrogen-bond donors (Lipinski definition) is 1. The summed E-state index contributed by atoms with van der Waals surface area (Å²) in [6, 6.07) is 14.9. The topological polar surface area (TPSA) is 52.0 Å². The molecule has 0 aliphatic heterocycles. The molecule has 0 fully saturated rings. The summed E-state index contributed by atoms with van der Waals surface area (Å²) in [6.45, 7) is 4.22. The largest absolute Gasteiger partial charge is 0.424 e. The molecule has 0 saturated heterocycles. The Hall–Kier alpha value is -2.55. The molecular weight excluding hydrogens is 248 g/mol. The van der Waals surface area contributed by atoms with E-state index < -0.39 is 0 Å². The van der Waals surface area contributed by atoms with Gasteiger partial charge in [-0.25, -0.2) is 4.98 Å². The van der Waals surface area contributed by atoms with Gasteiger partial charge in [-0.3, -0.25) is 0 Å². The van der Waals surface area contributed by atoms with Crippen molar-refractivity contribution in [2.75, 3.05) is 5.73 Å². The molecule has 0 aliphatic rings. The molecule has 2 aromatic carbocycles. The molecule has 3 nitrogen and oxygen atoms in total. The van der Waals surface area contributed by atoms with Gasteiger partial charge in [0, 0.05) is 5.56 Å². The van der Waals surface area contributed by atoms with E-state index in [1.54, 1.807) is 6.20 Å². The van der Waals surface area contributed by atoms with Crippen molar-refractivity contribution in [3.8, 4) is 22.5 Å². The number of hydrogen-bond acceptors (Lipinski definition) is 3. The maximum Gasteiger partial charge on any atom is 0.292 e. The van der Waals surface area contributed by atoms with Crippen LogP contribution in [0.2, 0.25) is 0 Å². The van der Waals surface area contributed by atoms with Gasteiger partial charge < -0.3 is 10.2 Å². The molecule has 0 bridgehead atoms. The van der Waals surface area contributed by atoms with Crippen LogP contribution >= 0.6 is 0 Å². The quantitative estimate of drug-likeness (QED) is 0.754. The first-order valence-corrected chi connectivity index (χ1v) is 6.52. The summed E-state index contributed by atoms with van der Waals surface area (Å²) in [7, 11) is 0. The average Bonchev–Trinajstić information content (AvgIpc) is 2.85. The Labute approximate surface area is 118 Å². The van der Waals surface area contributed by atoms with Gasteiger partial charge in [0.25, 0.3) is 6.01 Å². The second kappa shape index (κ2) is 4.85. The second-order valence-electron chi connectivity index (χ2n) is 5.02. The van der Waals surface area contributed by atoms with Crippen LogP contribution in [-0.4, -0.2) is 4.98 Å². The lowest BCUT2D eigenvalue weighted by Crippen LogP contribution is -1.84. The maximum absolute atomic E-state index is 5.53. The van der Waals surface area contributed by atoms with Gasteiger partial charge >= 0.3 is 0 Å². The fourth-order valence-corrected chi connectivity index (χ4v) is 2.41. The smallest absolute Gasteiger partial charge is 0.292 e. The first kappa shape index (κ1) is 12.5. The van der Waals surface area contributed by atoms with Gasteiger partial charge in [0.2, 0.25) is 0 Å². The van der Waals surface area contributed by atoms with E-state index in [0.717, 1.165) is 11.1 Å². The standard InChI is InChI=1S/C17H16N2O/c1-11-6-12(2)8-15(7-11)13-4-3-5-14(9-13)16-10-19-17(18)20-16/h3-10H,1-2H3,(H2,18,19). The van der Waals surface area contributed by atoms with Crippen LogP contribution < -0.4 is 5.73 Å². The zero-order chi connectivity index (χ0) is 14.1. The van der Waals surface area contributed by atoms with Crippen LogP contribution in [0.1, 0.15) is 11.1 Å². The third-order valence-corrected chi connectivity index (χ3v) is 3.23. The summed E-state index contributed by atoms with van der Waals surface area (Å²) in [5.41, 5.74) is 11.4. The predicted octanol–water partition coefficient (Wildman–Crippen LogP) is 4.21. The Balaban J connectivity index is 2.07. The third-order valence-electron chi connectivity index (χ3n) is 3.23. The van der Waals surface area contributed by atoms with Gasteiger partial charge in [-0.15, -0.1) is 0 Å². The molecular formula is C17H16N2O. The number of nitrogen functional groups attached to an aromatic ring is 1. The minimum Gasteiger partial charge on any atom is -0.424 e. The summed E-state index contributed by atoms with van der Waals surface area (Å²) in [4.78, 5) is 3.93. The highest BCUT2D eigenvalue weighted by molar-refractivity contribution is 5.71. The molecule has 1 heterocycles. The van der Waals surface area contributed by atoms with Crippen LogP contribution in [0.25, 0.3) is 22.5 Å². The van der Waals surface area contributed by atoms with Crippen molar-refractivity contribution in [1.82, 2.24) is 4.98 Å². The molecule has 100 valence electrons. The first-order chi connectivity index (χ1) is 9.61. The van der Waals surface area contributed by atoms with Crippen molar-refractivity contribution in [2.45, 2.75) is 13.8 Å². The van der Waals surface area contributed by atoms with Gasteiger partial charge in [-0.2, -0.15) is 0 Å². The van der Waals surface area contributed by atoms with Gasteiger partial charge in [-0.05, 0) is 31.0 Å². The molecule has 3 aromatic rings. The lowest BCUT2D eigenvalue weighted by Gasteiger charge is -2.06. The van der Waals surface area contributed by atoms with Gasteiger partial charge in [0.05, 0.1) is 6.20 Å². The minimum absolute atomic E-state index is 0.191. The maximum atomic E-state index is 5.53. The summed E-state index contributed by atoms with van der Waals surface area (Å²) in [5, 5.41) is 0. The molecule has 0 atom stereocenters. The van der Waals surface area contributed by atoms with E-state index in [2.05, 4.69) is 49.2 Å². The molecule has 20 heavy (non-hydrogen) atoms. The van der Waals surface area contributed by atoms with E-state index >= 15 is 0 Å². The molecule has 0 saturated carbocycles. The fourth-order valence-electron chi connectivity index (χ4n) is 2.41. The van der Waals surface area contributed by atoms with Crippen LogP contribution in [-0.2, 0) is 0 Å². The van der Waals surface area contributed by atoms with Crippen molar-refractivity contribution < 1.29 is 4.42 Å². The zero-order valence-electron chi connectivity index (χ0n) is 11.6. The first-order valence-electron chi connectivity index (χ1n) is 6.52. The third kappa shape index (κ3) is 2.43. The van der Waals surface area contributed by atoms with Crippen LogP contribution in [0, 0.1) is 13.8 Å². The van der Waals surface area contributed by atoms with E-state index in [1.165, 1.54) is 16.7 Å². The zero-order valence-corrected chi connectivity index (χ0v) is 11.6. The molecule has 0 spiro atoms. The highest BCUT2D eigenvalue weighted by atomic mass is 16.4. The van der Waals surface area contributed by atoms with Crippen LogP contribution in [0.4, 0.5) is 6.01 Å². The van der Waals surface area contributed by atoms with Crippen molar-refractivity contribution in [2.24, 2.45) is 0 Å². The number of rotatable bonds is 2. The number of oxazole rings is 1. The molecule has 0 aliphatic carbocycles. The summed E-state index contributed by atoms with van der Waals surface area (Å²) >= 11 is 0. The van der Waals surface area contributed by atoms with E-state index in [-0.39, 0.29) is 6.01 Å². The van der Waals surface area contributed by atoms with Crippen LogP contribution in [0.5, 0.6) is 0 Å². The second-order valence-corrected chi connectivity index (χ2v) is 5.02. The Morgan fingerprint density at radius 3 is 2.25 bits per heavy atom. The highest BCUT2D eigenvalue weighted by Gasteiger charge is 2.06. The molecule has 1 aromatic heterocycles. The predicted molar refractivity (Wildman–Crippen MR) is 81.3 cm³/mol. The molecule has 0 radical (unpaired) electrons. The number of aromatic nitrogens is 1. The number of nitrogens with two attached hydrogens (primary N) is 1. The van der Waals surface area contributed by atoms with E-state index in [9.17, 15) is 0 Å². The lowest BCUT2D eigenvalue weighted by atomic mass is 9.99. The number of anilines is 1. The Kier molecular flexibility index (Phi) is 3.03. The van der Waals surface area contributed by atoms with Crippen LogP contribution in [0.3, 0.4) is 0 Å². The van der Waals surface area contributed by atoms with Crippen molar-refractivity contribution in [3.63, 3.8) is 0 Å². The summed E-state index contributed by atoms with van der Waals surface area (Å²) in [5.74, 6) is 0.689. The summed E-state index contributed by atoms with van der Waals surface area (Å²) < 4.78 is 5.37. The highest BCUT2D eigenvalue weighted by Crippen LogP contribution is 2.28. The Bertz CT molecular complexity index is 739. The van der Waals surface area contributed by atoms with E-state index in [0.29, 0.717) is 5.76 Å². The SMILES string of the molecule is Cc1cc(C)cc(-c2cccc(-c3cnc(N)o3)c2)c1. The minimum atomic E-state index is 0.191. The normalized spacial score (nSPS) is 10.7. The molecule has 0 amide bonds. The van der Waals surface area contributed by atoms with Gasteiger partial charge in [-0.1, -0.05) is 47.5 Å². The van der Waals surface area contributed by atoms with E-state index in [1.807, 2.05) is 12.1 Å². The number of benzene rings is 2. The fraction of sp³-hybridized carbons (Fsp3) is 0.118. The monoisotopic (exact) mass is 264 g/mol. The van der Waals surface area contributed by atoms with Gasteiger partial charge in [0.1, 0.15) is 0 Å². The van der Waals surface area contributed by atoms with Crippen molar-refractivity contribution >= 4 is 6.01 Å².